The number of urea groups is 1. The summed E-state index contributed by atoms with van der Waals surface area (Å²) in [6.07, 6.45) is -1.05. The Kier molecular flexibility index (Phi) is 8.61. The van der Waals surface area contributed by atoms with Gasteiger partial charge in [-0.3, -0.25) is 20.4 Å². The first kappa shape index (κ1) is 22.7. The van der Waals surface area contributed by atoms with Crippen LogP contribution in [0.15, 0.2) is 54.6 Å². The topological polar surface area (TPSA) is 99.8 Å². The molecule has 0 aliphatic heterocycles. The second-order valence-electron chi connectivity index (χ2n) is 6.55. The zero-order valence-electron chi connectivity index (χ0n) is 16.9. The molecule has 0 bridgehead atoms. The summed E-state index contributed by atoms with van der Waals surface area (Å²) in [5.41, 5.74) is 5.42. The summed E-state index contributed by atoms with van der Waals surface area (Å²) in [7, 11) is 1.65. The van der Waals surface area contributed by atoms with Crippen LogP contribution >= 0.6 is 0 Å². The molecule has 0 saturated carbocycles. The Hall–Kier alpha value is -3.62. The van der Waals surface area contributed by atoms with E-state index >= 15 is 0 Å². The van der Waals surface area contributed by atoms with Gasteiger partial charge in [0.25, 0.3) is 5.91 Å². The highest BCUT2D eigenvalue weighted by Crippen LogP contribution is 2.16. The third-order valence-electron chi connectivity index (χ3n) is 4.07. The molecule has 1 unspecified atom stereocenters. The molecular formula is C21H25FN4O4. The van der Waals surface area contributed by atoms with E-state index in [1.54, 1.807) is 13.1 Å². The summed E-state index contributed by atoms with van der Waals surface area (Å²) in [5.74, 6) is -1.78. The van der Waals surface area contributed by atoms with E-state index in [2.05, 4.69) is 16.2 Å². The standard InChI is InChI=1S/C21H25FN4O4/c1-15(30-18-11-7-6-10-17(18)22)20(28)25-24-19(27)12-13-23-21(29)26(2)14-16-8-4-3-5-9-16/h3-11,15H,12-14H2,1-2H3,(H,23,29)(H,24,27)(H,25,28). The fraction of sp³-hybridized carbons (Fsp3) is 0.286. The molecule has 0 aromatic heterocycles. The number of carbonyl (C=O) groups is 3. The van der Waals surface area contributed by atoms with Crippen LogP contribution in [0.25, 0.3) is 0 Å². The van der Waals surface area contributed by atoms with Gasteiger partial charge >= 0.3 is 6.03 Å². The van der Waals surface area contributed by atoms with Gasteiger partial charge in [-0.05, 0) is 24.6 Å². The Labute approximate surface area is 174 Å². The molecular weight excluding hydrogens is 391 g/mol. The number of hydrazine groups is 1. The Morgan fingerprint density at radius 1 is 1.03 bits per heavy atom. The van der Waals surface area contributed by atoms with Crippen LogP contribution in [0.5, 0.6) is 5.75 Å². The maximum atomic E-state index is 13.5. The van der Waals surface area contributed by atoms with Gasteiger partial charge < -0.3 is 15.0 Å². The van der Waals surface area contributed by atoms with Crippen LogP contribution in [-0.2, 0) is 16.1 Å². The number of nitrogens with one attached hydrogen (secondary N) is 3. The number of ether oxygens (including phenoxy) is 1. The SMILES string of the molecule is CC(Oc1ccccc1F)C(=O)NNC(=O)CCNC(=O)N(C)Cc1ccccc1. The summed E-state index contributed by atoms with van der Waals surface area (Å²) < 4.78 is 18.8. The summed E-state index contributed by atoms with van der Waals surface area (Å²) in [6.45, 7) is 1.96. The third-order valence-corrected chi connectivity index (χ3v) is 4.07. The van der Waals surface area contributed by atoms with E-state index < -0.39 is 23.7 Å². The van der Waals surface area contributed by atoms with Crippen LogP contribution in [0.4, 0.5) is 9.18 Å². The lowest BCUT2D eigenvalue weighted by Gasteiger charge is -2.18. The third kappa shape index (κ3) is 7.42. The number of nitrogens with zero attached hydrogens (tertiary/aromatic N) is 1. The molecule has 2 aromatic carbocycles. The molecule has 0 fully saturated rings. The molecule has 160 valence electrons. The van der Waals surface area contributed by atoms with Gasteiger partial charge in [-0.25, -0.2) is 9.18 Å². The number of hydrogen-bond donors (Lipinski definition) is 3. The van der Waals surface area contributed by atoms with Crippen molar-refractivity contribution in [2.24, 2.45) is 0 Å². The first-order valence-electron chi connectivity index (χ1n) is 9.39. The summed E-state index contributed by atoms with van der Waals surface area (Å²) in [6, 6.07) is 14.9. The Morgan fingerprint density at radius 3 is 2.40 bits per heavy atom. The molecule has 0 spiro atoms. The molecule has 0 aliphatic rings. The summed E-state index contributed by atoms with van der Waals surface area (Å²) in [5, 5.41) is 2.63. The van der Waals surface area contributed by atoms with E-state index in [-0.39, 0.29) is 24.7 Å². The molecule has 2 aromatic rings. The fourth-order valence-corrected chi connectivity index (χ4v) is 2.43. The van der Waals surface area contributed by atoms with Gasteiger partial charge in [-0.1, -0.05) is 42.5 Å². The highest BCUT2D eigenvalue weighted by molar-refractivity contribution is 5.84. The smallest absolute Gasteiger partial charge is 0.317 e. The minimum absolute atomic E-state index is 0.0340. The lowest BCUT2D eigenvalue weighted by atomic mass is 10.2. The quantitative estimate of drug-likeness (QED) is 0.573. The number of para-hydroxylation sites is 1. The average molecular weight is 416 g/mol. The van der Waals surface area contributed by atoms with Crippen LogP contribution in [0.3, 0.4) is 0 Å². The van der Waals surface area contributed by atoms with E-state index in [0.29, 0.717) is 6.54 Å². The number of carbonyl (C=O) groups excluding carboxylic acids is 3. The van der Waals surface area contributed by atoms with Crippen molar-refractivity contribution in [1.29, 1.82) is 0 Å². The van der Waals surface area contributed by atoms with E-state index in [4.69, 9.17) is 4.74 Å². The van der Waals surface area contributed by atoms with Gasteiger partial charge in [0.15, 0.2) is 17.7 Å². The normalized spacial score (nSPS) is 11.2. The Morgan fingerprint density at radius 2 is 1.70 bits per heavy atom. The monoisotopic (exact) mass is 416 g/mol. The van der Waals surface area contributed by atoms with E-state index in [0.717, 1.165) is 5.56 Å². The first-order chi connectivity index (χ1) is 14.4. The average Bonchev–Trinajstić information content (AvgIpc) is 2.74. The highest BCUT2D eigenvalue weighted by atomic mass is 19.1. The molecule has 8 nitrogen and oxygen atoms in total. The Balaban J connectivity index is 1.65. The van der Waals surface area contributed by atoms with Crippen molar-refractivity contribution < 1.29 is 23.5 Å². The second kappa shape index (κ2) is 11.4. The van der Waals surface area contributed by atoms with Crippen molar-refractivity contribution in [2.45, 2.75) is 26.0 Å². The zero-order chi connectivity index (χ0) is 21.9. The first-order valence-corrected chi connectivity index (χ1v) is 9.39. The lowest BCUT2D eigenvalue weighted by molar-refractivity contribution is -0.132. The van der Waals surface area contributed by atoms with E-state index in [9.17, 15) is 18.8 Å². The van der Waals surface area contributed by atoms with Gasteiger partial charge in [0.2, 0.25) is 5.91 Å². The van der Waals surface area contributed by atoms with Crippen LogP contribution in [0.2, 0.25) is 0 Å². The predicted octanol–water partition coefficient (Wildman–Crippen LogP) is 1.97. The van der Waals surface area contributed by atoms with Crippen LogP contribution < -0.4 is 20.9 Å². The maximum Gasteiger partial charge on any atom is 0.317 e. The molecule has 3 N–H and O–H groups in total. The molecule has 9 heteroatoms. The summed E-state index contributed by atoms with van der Waals surface area (Å²) in [4.78, 5) is 37.3. The molecule has 0 saturated heterocycles. The molecule has 1 atom stereocenters. The van der Waals surface area contributed by atoms with Gasteiger partial charge in [-0.2, -0.15) is 0 Å². The predicted molar refractivity (Wildman–Crippen MR) is 109 cm³/mol. The van der Waals surface area contributed by atoms with Crippen LogP contribution in [0.1, 0.15) is 18.9 Å². The molecule has 4 amide bonds. The van der Waals surface area contributed by atoms with Gasteiger partial charge in [0.05, 0.1) is 0 Å². The molecule has 30 heavy (non-hydrogen) atoms. The van der Waals surface area contributed by atoms with Crippen molar-refractivity contribution in [3.05, 3.63) is 66.0 Å². The molecule has 0 heterocycles. The zero-order valence-corrected chi connectivity index (χ0v) is 16.9. The number of rotatable bonds is 8. The van der Waals surface area contributed by atoms with Crippen LogP contribution in [-0.4, -0.2) is 42.4 Å². The maximum absolute atomic E-state index is 13.5. The number of amides is 4. The van der Waals surface area contributed by atoms with Crippen molar-refractivity contribution >= 4 is 17.8 Å². The minimum atomic E-state index is -1.02. The lowest BCUT2D eigenvalue weighted by Crippen LogP contribution is -2.48. The minimum Gasteiger partial charge on any atom is -0.478 e. The summed E-state index contributed by atoms with van der Waals surface area (Å²) >= 11 is 0. The van der Waals surface area contributed by atoms with Gasteiger partial charge in [0.1, 0.15) is 0 Å². The van der Waals surface area contributed by atoms with Crippen molar-refractivity contribution in [1.82, 2.24) is 21.1 Å². The van der Waals surface area contributed by atoms with Crippen molar-refractivity contribution in [2.75, 3.05) is 13.6 Å². The highest BCUT2D eigenvalue weighted by Gasteiger charge is 2.17. The van der Waals surface area contributed by atoms with Crippen LogP contribution in [0, 0.1) is 5.82 Å². The Bertz CT molecular complexity index is 863. The number of benzene rings is 2. The van der Waals surface area contributed by atoms with E-state index in [1.165, 1.54) is 30.0 Å². The second-order valence-corrected chi connectivity index (χ2v) is 6.55. The van der Waals surface area contributed by atoms with Gasteiger partial charge in [0, 0.05) is 26.6 Å². The van der Waals surface area contributed by atoms with Gasteiger partial charge in [-0.15, -0.1) is 0 Å². The number of hydrogen-bond acceptors (Lipinski definition) is 4. The number of halogens is 1. The largest absolute Gasteiger partial charge is 0.478 e. The van der Waals surface area contributed by atoms with Crippen molar-refractivity contribution in [3.8, 4) is 5.75 Å². The fourth-order valence-electron chi connectivity index (χ4n) is 2.43. The molecule has 0 aliphatic carbocycles. The van der Waals surface area contributed by atoms with E-state index in [1.807, 2.05) is 30.3 Å². The van der Waals surface area contributed by atoms with Crippen molar-refractivity contribution in [3.63, 3.8) is 0 Å². The molecule has 2 rings (SSSR count). The molecule has 0 radical (unpaired) electrons.